The molecule has 0 aromatic heterocycles. The van der Waals surface area contributed by atoms with Crippen molar-refractivity contribution in [3.8, 4) is 0 Å². The Labute approximate surface area is 80.4 Å². The normalized spacial score (nSPS) is 13.6. The van der Waals surface area contributed by atoms with Gasteiger partial charge in [-0.1, -0.05) is 19.8 Å². The molecule has 0 rings (SSSR count). The minimum Gasteiger partial charge on any atom is -0.396 e. The Hall–Kier alpha value is -0.120. The van der Waals surface area contributed by atoms with Crippen molar-refractivity contribution in [2.75, 3.05) is 13.2 Å². The summed E-state index contributed by atoms with van der Waals surface area (Å²) in [5.41, 5.74) is 0. The highest BCUT2D eigenvalue weighted by Gasteiger charge is 2.07. The monoisotopic (exact) mass is 190 g/mol. The summed E-state index contributed by atoms with van der Waals surface area (Å²) >= 11 is 0. The minimum absolute atomic E-state index is 0.00572. The molecule has 3 nitrogen and oxygen atoms in total. The topological polar surface area (TPSA) is 60.7 Å². The lowest BCUT2D eigenvalue weighted by atomic mass is 10.0. The summed E-state index contributed by atoms with van der Waals surface area (Å²) in [5.74, 6) is -0.00572. The van der Waals surface area contributed by atoms with Crippen LogP contribution in [0.1, 0.15) is 39.0 Å². The first-order valence-corrected chi connectivity index (χ1v) is 5.14. The first-order valence-electron chi connectivity index (χ1n) is 5.14. The van der Waals surface area contributed by atoms with Crippen LogP contribution in [0, 0.1) is 5.92 Å². The second-order valence-electron chi connectivity index (χ2n) is 3.60. The molecule has 0 fully saturated rings. The predicted molar refractivity (Wildman–Crippen MR) is 52.4 cm³/mol. The van der Waals surface area contributed by atoms with Gasteiger partial charge in [0.15, 0.2) is 0 Å². The fourth-order valence-corrected chi connectivity index (χ4v) is 1.36. The van der Waals surface area contributed by atoms with Crippen molar-refractivity contribution >= 4 is 0 Å². The number of hydrogen-bond donors (Lipinski definition) is 3. The summed E-state index contributed by atoms with van der Waals surface area (Å²) in [7, 11) is 0. The summed E-state index contributed by atoms with van der Waals surface area (Å²) in [6.45, 7) is 2.13. The smallest absolute Gasteiger partial charge is 0.0540 e. The molecule has 0 radical (unpaired) electrons. The zero-order valence-corrected chi connectivity index (χ0v) is 8.45. The first-order chi connectivity index (χ1) is 6.24. The van der Waals surface area contributed by atoms with E-state index in [2.05, 4.69) is 0 Å². The van der Waals surface area contributed by atoms with Crippen LogP contribution in [0.15, 0.2) is 0 Å². The lowest BCUT2D eigenvalue weighted by Crippen LogP contribution is -2.12. The van der Waals surface area contributed by atoms with Gasteiger partial charge < -0.3 is 15.3 Å². The molecule has 3 heteroatoms. The van der Waals surface area contributed by atoms with Crippen LogP contribution >= 0.6 is 0 Å². The molecule has 0 aromatic carbocycles. The molecule has 0 aliphatic rings. The lowest BCUT2D eigenvalue weighted by Gasteiger charge is -2.12. The molecule has 80 valence electrons. The second kappa shape index (κ2) is 8.48. The average molecular weight is 190 g/mol. The van der Waals surface area contributed by atoms with Crippen molar-refractivity contribution in [1.82, 2.24) is 0 Å². The van der Waals surface area contributed by atoms with Crippen molar-refractivity contribution < 1.29 is 15.3 Å². The fourth-order valence-electron chi connectivity index (χ4n) is 1.36. The first kappa shape index (κ1) is 12.9. The molecule has 0 heterocycles. The Morgan fingerprint density at radius 2 is 1.62 bits per heavy atom. The van der Waals surface area contributed by atoms with Crippen LogP contribution in [-0.2, 0) is 0 Å². The predicted octanol–water partition coefficient (Wildman–Crippen LogP) is 0.918. The summed E-state index contributed by atoms with van der Waals surface area (Å²) in [6.07, 6.45) is 4.11. The van der Waals surface area contributed by atoms with Gasteiger partial charge in [0.25, 0.3) is 0 Å². The van der Waals surface area contributed by atoms with E-state index in [0.717, 1.165) is 32.1 Å². The minimum atomic E-state index is -0.206. The van der Waals surface area contributed by atoms with E-state index in [9.17, 15) is 5.11 Å². The molecule has 0 aliphatic heterocycles. The Bertz CT molecular complexity index is 102. The molecule has 0 saturated carbocycles. The van der Waals surface area contributed by atoms with Gasteiger partial charge in [0.1, 0.15) is 0 Å². The maximum Gasteiger partial charge on any atom is 0.0540 e. The Kier molecular flexibility index (Phi) is 8.40. The molecule has 0 aliphatic carbocycles. The van der Waals surface area contributed by atoms with E-state index in [1.807, 2.05) is 6.92 Å². The van der Waals surface area contributed by atoms with E-state index >= 15 is 0 Å². The number of rotatable bonds is 8. The highest BCUT2D eigenvalue weighted by Crippen LogP contribution is 2.11. The van der Waals surface area contributed by atoms with E-state index in [1.165, 1.54) is 0 Å². The van der Waals surface area contributed by atoms with Crippen LogP contribution < -0.4 is 0 Å². The number of aliphatic hydroxyl groups is 3. The van der Waals surface area contributed by atoms with Gasteiger partial charge in [-0.2, -0.15) is 0 Å². The molecule has 1 unspecified atom stereocenters. The van der Waals surface area contributed by atoms with E-state index < -0.39 is 0 Å². The van der Waals surface area contributed by atoms with Crippen LogP contribution in [-0.4, -0.2) is 34.6 Å². The van der Waals surface area contributed by atoms with Gasteiger partial charge in [0.2, 0.25) is 0 Å². The summed E-state index contributed by atoms with van der Waals surface area (Å²) < 4.78 is 0. The van der Waals surface area contributed by atoms with Crippen molar-refractivity contribution in [3.05, 3.63) is 0 Å². The van der Waals surface area contributed by atoms with Gasteiger partial charge in [-0.3, -0.25) is 0 Å². The zero-order valence-electron chi connectivity index (χ0n) is 8.45. The van der Waals surface area contributed by atoms with Crippen LogP contribution in [0.3, 0.4) is 0 Å². The van der Waals surface area contributed by atoms with Gasteiger partial charge in [0, 0.05) is 19.1 Å². The summed E-state index contributed by atoms with van der Waals surface area (Å²) in [5, 5.41) is 26.9. The van der Waals surface area contributed by atoms with Crippen LogP contribution in [0.2, 0.25) is 0 Å². The maximum absolute atomic E-state index is 9.38. The lowest BCUT2D eigenvalue weighted by molar-refractivity contribution is 0.123. The molecule has 0 saturated heterocycles. The third kappa shape index (κ3) is 6.99. The van der Waals surface area contributed by atoms with Crippen LogP contribution in [0.4, 0.5) is 0 Å². The highest BCUT2D eigenvalue weighted by molar-refractivity contribution is 4.59. The Morgan fingerprint density at radius 3 is 2.08 bits per heavy atom. The van der Waals surface area contributed by atoms with Gasteiger partial charge in [-0.15, -0.1) is 0 Å². The van der Waals surface area contributed by atoms with Gasteiger partial charge in [0.05, 0.1) is 6.10 Å². The quantitative estimate of drug-likeness (QED) is 0.533. The van der Waals surface area contributed by atoms with E-state index in [-0.39, 0.29) is 25.2 Å². The molecule has 3 N–H and O–H groups in total. The van der Waals surface area contributed by atoms with E-state index in [4.69, 9.17) is 10.2 Å². The molecule has 0 spiro atoms. The molecule has 1 atom stereocenters. The van der Waals surface area contributed by atoms with Crippen LogP contribution in [0.25, 0.3) is 0 Å². The molecule has 0 amide bonds. The summed E-state index contributed by atoms with van der Waals surface area (Å²) in [4.78, 5) is 0. The zero-order chi connectivity index (χ0) is 10.1. The molecule has 13 heavy (non-hydrogen) atoms. The second-order valence-corrected chi connectivity index (χ2v) is 3.60. The maximum atomic E-state index is 9.38. The van der Waals surface area contributed by atoms with Crippen molar-refractivity contribution in [1.29, 1.82) is 0 Å². The number of hydrogen-bond acceptors (Lipinski definition) is 3. The third-order valence-electron chi connectivity index (χ3n) is 2.29. The van der Waals surface area contributed by atoms with Gasteiger partial charge >= 0.3 is 0 Å². The largest absolute Gasteiger partial charge is 0.396 e. The highest BCUT2D eigenvalue weighted by atomic mass is 16.3. The van der Waals surface area contributed by atoms with Crippen LogP contribution in [0.5, 0.6) is 0 Å². The van der Waals surface area contributed by atoms with Gasteiger partial charge in [-0.05, 0) is 19.3 Å². The van der Waals surface area contributed by atoms with Gasteiger partial charge in [-0.25, -0.2) is 0 Å². The Balaban J connectivity index is 3.32. The third-order valence-corrected chi connectivity index (χ3v) is 2.29. The molecular weight excluding hydrogens is 168 g/mol. The standard InChI is InChI=1S/C10H22O3/c1-2-4-10(13)6-3-5-9(7-11)8-12/h9-13H,2-8H2,1H3. The molecular formula is C10H22O3. The Morgan fingerprint density at radius 1 is 1.00 bits per heavy atom. The van der Waals surface area contributed by atoms with Crippen molar-refractivity contribution in [3.63, 3.8) is 0 Å². The van der Waals surface area contributed by atoms with Crippen molar-refractivity contribution in [2.45, 2.75) is 45.1 Å². The molecule has 0 bridgehead atoms. The fraction of sp³-hybridized carbons (Fsp3) is 1.00. The average Bonchev–Trinajstić information content (AvgIpc) is 2.13. The van der Waals surface area contributed by atoms with Crippen molar-refractivity contribution in [2.24, 2.45) is 5.92 Å². The van der Waals surface area contributed by atoms with E-state index in [0.29, 0.717) is 0 Å². The molecule has 0 aromatic rings. The SMILES string of the molecule is CCCC(O)CCCC(CO)CO. The summed E-state index contributed by atoms with van der Waals surface area (Å²) in [6, 6.07) is 0. The number of aliphatic hydroxyl groups excluding tert-OH is 3. The van der Waals surface area contributed by atoms with E-state index in [1.54, 1.807) is 0 Å².